The quantitative estimate of drug-likeness (QED) is 0.786. The number of anilines is 1. The predicted octanol–water partition coefficient (Wildman–Crippen LogP) is 1.37. The van der Waals surface area contributed by atoms with E-state index in [4.69, 9.17) is 10.5 Å². The fourth-order valence-electron chi connectivity index (χ4n) is 2.34. The maximum Gasteiger partial charge on any atom is 0.132 e. The van der Waals surface area contributed by atoms with Crippen molar-refractivity contribution < 1.29 is 4.74 Å². The van der Waals surface area contributed by atoms with Gasteiger partial charge < -0.3 is 15.4 Å². The van der Waals surface area contributed by atoms with Crippen LogP contribution in [0.2, 0.25) is 0 Å². The summed E-state index contributed by atoms with van der Waals surface area (Å²) >= 11 is 0. The third-order valence-electron chi connectivity index (χ3n) is 3.54. The van der Waals surface area contributed by atoms with Gasteiger partial charge in [0, 0.05) is 31.5 Å². The highest BCUT2D eigenvalue weighted by molar-refractivity contribution is 5.39. The largest absolute Gasteiger partial charge is 0.378 e. The SMILES string of the molecule is CCc1cc(N2CCC(OCCCN)CC2)ncn1. The van der Waals surface area contributed by atoms with E-state index in [9.17, 15) is 0 Å². The van der Waals surface area contributed by atoms with Crippen LogP contribution in [0.5, 0.6) is 0 Å². The van der Waals surface area contributed by atoms with E-state index in [-0.39, 0.29) is 0 Å². The molecule has 5 nitrogen and oxygen atoms in total. The zero-order chi connectivity index (χ0) is 13.5. The van der Waals surface area contributed by atoms with Gasteiger partial charge in [-0.3, -0.25) is 0 Å². The highest BCUT2D eigenvalue weighted by Crippen LogP contribution is 2.19. The molecule has 1 saturated heterocycles. The highest BCUT2D eigenvalue weighted by Gasteiger charge is 2.20. The lowest BCUT2D eigenvalue weighted by Crippen LogP contribution is -2.37. The summed E-state index contributed by atoms with van der Waals surface area (Å²) in [5.41, 5.74) is 6.57. The molecule has 0 spiro atoms. The number of aryl methyl sites for hydroxylation is 1. The zero-order valence-corrected chi connectivity index (χ0v) is 11.7. The molecule has 0 saturated carbocycles. The Morgan fingerprint density at radius 2 is 2.16 bits per heavy atom. The molecule has 1 aromatic rings. The summed E-state index contributed by atoms with van der Waals surface area (Å²) in [5, 5.41) is 0. The summed E-state index contributed by atoms with van der Waals surface area (Å²) in [4.78, 5) is 10.9. The number of hydrogen-bond acceptors (Lipinski definition) is 5. The fraction of sp³-hybridized carbons (Fsp3) is 0.714. The Labute approximate surface area is 115 Å². The average Bonchev–Trinajstić information content (AvgIpc) is 2.48. The van der Waals surface area contributed by atoms with Gasteiger partial charge in [-0.15, -0.1) is 0 Å². The number of piperidine rings is 1. The van der Waals surface area contributed by atoms with Gasteiger partial charge in [0.25, 0.3) is 0 Å². The summed E-state index contributed by atoms with van der Waals surface area (Å²) in [7, 11) is 0. The van der Waals surface area contributed by atoms with E-state index in [2.05, 4.69) is 27.9 Å². The maximum atomic E-state index is 5.81. The van der Waals surface area contributed by atoms with Gasteiger partial charge in [0.05, 0.1) is 6.10 Å². The van der Waals surface area contributed by atoms with Crippen molar-refractivity contribution >= 4 is 5.82 Å². The van der Waals surface area contributed by atoms with Crippen molar-refractivity contribution in [1.29, 1.82) is 0 Å². The zero-order valence-electron chi connectivity index (χ0n) is 11.7. The molecule has 0 radical (unpaired) electrons. The Bertz CT molecular complexity index is 377. The van der Waals surface area contributed by atoms with Crippen LogP contribution in [0.15, 0.2) is 12.4 Å². The van der Waals surface area contributed by atoms with Crippen LogP contribution >= 0.6 is 0 Å². The minimum absolute atomic E-state index is 0.385. The van der Waals surface area contributed by atoms with Crippen molar-refractivity contribution in [3.63, 3.8) is 0 Å². The number of hydrogen-bond donors (Lipinski definition) is 1. The summed E-state index contributed by atoms with van der Waals surface area (Å²) in [5.74, 6) is 1.05. The van der Waals surface area contributed by atoms with E-state index in [1.54, 1.807) is 6.33 Å². The Balaban J connectivity index is 1.82. The number of nitrogens with two attached hydrogens (primary N) is 1. The molecule has 0 aromatic carbocycles. The van der Waals surface area contributed by atoms with Crippen LogP contribution in [0, 0.1) is 0 Å². The molecule has 19 heavy (non-hydrogen) atoms. The average molecular weight is 264 g/mol. The number of nitrogens with zero attached hydrogens (tertiary/aromatic N) is 3. The molecule has 2 rings (SSSR count). The molecule has 0 aliphatic carbocycles. The van der Waals surface area contributed by atoms with Gasteiger partial charge in [-0.2, -0.15) is 0 Å². The van der Waals surface area contributed by atoms with E-state index in [0.717, 1.165) is 56.9 Å². The minimum atomic E-state index is 0.385. The van der Waals surface area contributed by atoms with E-state index in [1.807, 2.05) is 0 Å². The molecule has 0 unspecified atom stereocenters. The molecular formula is C14H24N4O. The van der Waals surface area contributed by atoms with Crippen LogP contribution in [-0.2, 0) is 11.2 Å². The second-order valence-corrected chi connectivity index (χ2v) is 4.92. The van der Waals surface area contributed by atoms with Crippen LogP contribution in [0.4, 0.5) is 5.82 Å². The Hall–Kier alpha value is -1.20. The van der Waals surface area contributed by atoms with Crippen molar-refractivity contribution in [2.24, 2.45) is 5.73 Å². The lowest BCUT2D eigenvalue weighted by molar-refractivity contribution is 0.0365. The first kappa shape index (κ1) is 14.2. The van der Waals surface area contributed by atoms with E-state index >= 15 is 0 Å². The second kappa shape index (κ2) is 7.40. The topological polar surface area (TPSA) is 64.3 Å². The third-order valence-corrected chi connectivity index (χ3v) is 3.54. The van der Waals surface area contributed by atoms with Gasteiger partial charge in [-0.1, -0.05) is 6.92 Å². The minimum Gasteiger partial charge on any atom is -0.378 e. The van der Waals surface area contributed by atoms with Crippen LogP contribution in [0.25, 0.3) is 0 Å². The molecule has 2 heterocycles. The molecule has 0 amide bonds. The van der Waals surface area contributed by atoms with Gasteiger partial charge in [0.1, 0.15) is 12.1 Å². The molecule has 5 heteroatoms. The number of aromatic nitrogens is 2. The van der Waals surface area contributed by atoms with Crippen LogP contribution in [-0.4, -0.2) is 42.3 Å². The smallest absolute Gasteiger partial charge is 0.132 e. The van der Waals surface area contributed by atoms with Gasteiger partial charge in [0.15, 0.2) is 0 Å². The van der Waals surface area contributed by atoms with Crippen LogP contribution in [0.1, 0.15) is 31.9 Å². The van der Waals surface area contributed by atoms with Crippen molar-refractivity contribution in [3.8, 4) is 0 Å². The number of ether oxygens (including phenoxy) is 1. The van der Waals surface area contributed by atoms with Crippen molar-refractivity contribution in [2.45, 2.75) is 38.7 Å². The molecule has 106 valence electrons. The van der Waals surface area contributed by atoms with E-state index in [1.165, 1.54) is 0 Å². The predicted molar refractivity (Wildman–Crippen MR) is 76.3 cm³/mol. The van der Waals surface area contributed by atoms with Gasteiger partial charge in [-0.25, -0.2) is 9.97 Å². The summed E-state index contributed by atoms with van der Waals surface area (Å²) in [6, 6.07) is 2.09. The van der Waals surface area contributed by atoms with Crippen LogP contribution in [0.3, 0.4) is 0 Å². The van der Waals surface area contributed by atoms with E-state index < -0.39 is 0 Å². The van der Waals surface area contributed by atoms with Gasteiger partial charge >= 0.3 is 0 Å². The molecule has 1 aliphatic heterocycles. The monoisotopic (exact) mass is 264 g/mol. The van der Waals surface area contributed by atoms with Crippen molar-refractivity contribution in [2.75, 3.05) is 31.1 Å². The lowest BCUT2D eigenvalue weighted by atomic mass is 10.1. The number of rotatable bonds is 6. The molecule has 1 aliphatic rings. The normalized spacial score (nSPS) is 16.8. The molecule has 0 bridgehead atoms. The maximum absolute atomic E-state index is 5.81. The van der Waals surface area contributed by atoms with Crippen molar-refractivity contribution in [1.82, 2.24) is 9.97 Å². The Kier molecular flexibility index (Phi) is 5.54. The summed E-state index contributed by atoms with van der Waals surface area (Å²) < 4.78 is 5.81. The Morgan fingerprint density at radius 3 is 2.84 bits per heavy atom. The van der Waals surface area contributed by atoms with Gasteiger partial charge in [-0.05, 0) is 32.2 Å². The highest BCUT2D eigenvalue weighted by atomic mass is 16.5. The summed E-state index contributed by atoms with van der Waals surface area (Å²) in [6.07, 6.45) is 6.08. The van der Waals surface area contributed by atoms with E-state index in [0.29, 0.717) is 12.6 Å². The third kappa shape index (κ3) is 4.14. The molecule has 1 aromatic heterocycles. The first-order valence-electron chi connectivity index (χ1n) is 7.21. The van der Waals surface area contributed by atoms with Crippen LogP contribution < -0.4 is 10.6 Å². The van der Waals surface area contributed by atoms with Gasteiger partial charge in [0.2, 0.25) is 0 Å². The molecule has 0 atom stereocenters. The lowest BCUT2D eigenvalue weighted by Gasteiger charge is -2.32. The molecular weight excluding hydrogens is 240 g/mol. The van der Waals surface area contributed by atoms with Crippen molar-refractivity contribution in [3.05, 3.63) is 18.1 Å². The standard InChI is InChI=1S/C14H24N4O/c1-2-12-10-14(17-11-16-12)18-7-4-13(5-8-18)19-9-3-6-15/h10-11,13H,2-9,15H2,1H3. The first-order chi connectivity index (χ1) is 9.33. The second-order valence-electron chi connectivity index (χ2n) is 4.92. The molecule has 2 N–H and O–H groups in total. The Morgan fingerprint density at radius 1 is 1.37 bits per heavy atom. The fourth-order valence-corrected chi connectivity index (χ4v) is 2.34. The first-order valence-corrected chi connectivity index (χ1v) is 7.21. The summed E-state index contributed by atoms with van der Waals surface area (Å²) in [6.45, 7) is 5.62. The molecule has 1 fully saturated rings.